The summed E-state index contributed by atoms with van der Waals surface area (Å²) in [5.41, 5.74) is 1.09. The molecule has 0 unspecified atom stereocenters. The Morgan fingerprint density at radius 2 is 1.64 bits per heavy atom. The molecule has 0 radical (unpaired) electrons. The fourth-order valence-electron chi connectivity index (χ4n) is 0.533. The third-order valence-corrected chi connectivity index (χ3v) is 1.01. The molecule has 1 rings (SSSR count). The van der Waals surface area contributed by atoms with Gasteiger partial charge in [0.1, 0.15) is 5.82 Å². The van der Waals surface area contributed by atoms with Crippen LogP contribution >= 0.6 is 0 Å². The zero-order valence-corrected chi connectivity index (χ0v) is 6.97. The molecule has 0 fully saturated rings. The van der Waals surface area contributed by atoms with Crippen LogP contribution in [0.3, 0.4) is 0 Å². The van der Waals surface area contributed by atoms with Crippen LogP contribution in [0, 0.1) is 12.7 Å². The van der Waals surface area contributed by atoms with Crippen LogP contribution in [-0.4, -0.2) is 0 Å². The van der Waals surface area contributed by atoms with Crippen molar-refractivity contribution in [3.8, 4) is 0 Å². The van der Waals surface area contributed by atoms with Crippen molar-refractivity contribution in [2.24, 2.45) is 0 Å². The summed E-state index contributed by atoms with van der Waals surface area (Å²) in [5, 5.41) is 0. The van der Waals surface area contributed by atoms with Crippen molar-refractivity contribution in [3.63, 3.8) is 0 Å². The molecule has 1 aromatic carbocycles. The molecular weight excluding hydrogens is 139 g/mol. The van der Waals surface area contributed by atoms with E-state index in [-0.39, 0.29) is 5.82 Å². The fraction of sp³-hybridized carbons (Fsp3) is 0.200. The Bertz CT molecular complexity index is 178. The van der Waals surface area contributed by atoms with Crippen molar-refractivity contribution < 1.29 is 4.39 Å². The highest BCUT2D eigenvalue weighted by Gasteiger charge is 1.83. The molecule has 0 bridgehead atoms. The van der Waals surface area contributed by atoms with E-state index in [4.69, 9.17) is 0 Å². The highest BCUT2D eigenvalue weighted by Crippen LogP contribution is 1.98. The Labute approximate surface area is 67.4 Å². The Kier molecular flexibility index (Phi) is 5.09. The molecule has 1 heteroatoms. The average Bonchev–Trinajstić information content (AvgIpc) is 1.97. The lowest BCUT2D eigenvalue weighted by Gasteiger charge is -1.87. The van der Waals surface area contributed by atoms with Gasteiger partial charge >= 0.3 is 0 Å². The first-order valence-electron chi connectivity index (χ1n) is 3.50. The first-order valence-corrected chi connectivity index (χ1v) is 3.50. The van der Waals surface area contributed by atoms with Crippen molar-refractivity contribution in [1.82, 2.24) is 0 Å². The molecule has 0 aromatic heterocycles. The van der Waals surface area contributed by atoms with E-state index in [1.165, 1.54) is 12.1 Å². The van der Waals surface area contributed by atoms with Crippen molar-refractivity contribution in [3.05, 3.63) is 48.3 Å². The molecule has 0 aliphatic rings. The molecule has 0 amide bonds. The molecule has 0 atom stereocenters. The Morgan fingerprint density at radius 3 is 1.91 bits per heavy atom. The van der Waals surface area contributed by atoms with E-state index in [1.54, 1.807) is 18.2 Å². The van der Waals surface area contributed by atoms with Crippen LogP contribution in [0.25, 0.3) is 0 Å². The second-order valence-electron chi connectivity index (χ2n) is 2.20. The number of halogens is 1. The summed E-state index contributed by atoms with van der Waals surface area (Å²) in [5.74, 6) is -0.171. The van der Waals surface area contributed by atoms with Gasteiger partial charge in [-0.15, -0.1) is 6.58 Å². The van der Waals surface area contributed by atoms with Gasteiger partial charge in [-0.3, -0.25) is 0 Å². The van der Waals surface area contributed by atoms with Gasteiger partial charge < -0.3 is 0 Å². The third-order valence-electron chi connectivity index (χ3n) is 1.01. The predicted molar refractivity (Wildman–Crippen MR) is 47.0 cm³/mol. The van der Waals surface area contributed by atoms with E-state index >= 15 is 0 Å². The zero-order valence-electron chi connectivity index (χ0n) is 6.97. The highest BCUT2D eigenvalue weighted by molar-refractivity contribution is 5.13. The number of aryl methyl sites for hydroxylation is 1. The van der Waals surface area contributed by atoms with Crippen LogP contribution in [0.1, 0.15) is 12.5 Å². The van der Waals surface area contributed by atoms with Crippen molar-refractivity contribution in [2.45, 2.75) is 13.8 Å². The normalized spacial score (nSPS) is 7.91. The molecule has 1 aromatic rings. The minimum Gasteiger partial charge on any atom is -0.207 e. The third kappa shape index (κ3) is 5.34. The maximum atomic E-state index is 12.1. The lowest BCUT2D eigenvalue weighted by Crippen LogP contribution is -1.71. The summed E-state index contributed by atoms with van der Waals surface area (Å²) < 4.78 is 12.1. The number of hydrogen-bond donors (Lipinski definition) is 0. The van der Waals surface area contributed by atoms with E-state index < -0.39 is 0 Å². The van der Waals surface area contributed by atoms with Gasteiger partial charge in [-0.2, -0.15) is 0 Å². The van der Waals surface area contributed by atoms with E-state index in [9.17, 15) is 4.39 Å². The molecule has 11 heavy (non-hydrogen) atoms. The van der Waals surface area contributed by atoms with Gasteiger partial charge in [-0.05, 0) is 26.0 Å². The maximum absolute atomic E-state index is 12.1. The second-order valence-corrected chi connectivity index (χ2v) is 2.20. The van der Waals surface area contributed by atoms with E-state index in [1.807, 2.05) is 13.8 Å². The summed E-state index contributed by atoms with van der Waals surface area (Å²) in [6.45, 7) is 7.18. The zero-order chi connectivity index (χ0) is 8.69. The second kappa shape index (κ2) is 5.66. The molecule has 0 N–H and O–H groups in total. The van der Waals surface area contributed by atoms with Crippen LogP contribution < -0.4 is 0 Å². The van der Waals surface area contributed by atoms with Gasteiger partial charge in [-0.1, -0.05) is 23.8 Å². The quantitative estimate of drug-likeness (QED) is 0.500. The molecule has 0 heterocycles. The van der Waals surface area contributed by atoms with Crippen LogP contribution in [0.4, 0.5) is 4.39 Å². The summed E-state index contributed by atoms with van der Waals surface area (Å²) >= 11 is 0. The highest BCUT2D eigenvalue weighted by atomic mass is 19.1. The first kappa shape index (κ1) is 9.89. The molecule has 0 aliphatic heterocycles. The SMILES string of the molecule is C=CC.Cc1ccc(F)cc1. The van der Waals surface area contributed by atoms with Gasteiger partial charge in [-0.25, -0.2) is 4.39 Å². The van der Waals surface area contributed by atoms with E-state index in [0.717, 1.165) is 5.56 Å². The molecular formula is C10H13F. The van der Waals surface area contributed by atoms with Gasteiger partial charge in [0.2, 0.25) is 0 Å². The van der Waals surface area contributed by atoms with E-state index in [0.29, 0.717) is 0 Å². The summed E-state index contributed by atoms with van der Waals surface area (Å²) in [6.07, 6.45) is 1.75. The molecule has 0 aliphatic carbocycles. The van der Waals surface area contributed by atoms with Gasteiger partial charge in [0.25, 0.3) is 0 Å². The first-order chi connectivity index (χ1) is 5.20. The summed E-state index contributed by atoms with van der Waals surface area (Å²) in [6, 6.07) is 6.40. The summed E-state index contributed by atoms with van der Waals surface area (Å²) in [4.78, 5) is 0. The standard InChI is InChI=1S/C7H7F.C3H6/c1-6-2-4-7(8)5-3-6;1-3-2/h2-5H,1H3;3H,1H2,2H3. The lowest BCUT2D eigenvalue weighted by molar-refractivity contribution is 0.627. The number of benzene rings is 1. The van der Waals surface area contributed by atoms with Crippen LogP contribution in [0.15, 0.2) is 36.9 Å². The topological polar surface area (TPSA) is 0 Å². The fourth-order valence-corrected chi connectivity index (χ4v) is 0.533. The minimum absolute atomic E-state index is 0.171. The van der Waals surface area contributed by atoms with Gasteiger partial charge in [0.05, 0.1) is 0 Å². The predicted octanol–water partition coefficient (Wildman–Crippen LogP) is 3.33. The molecule has 0 spiro atoms. The number of allylic oxidation sites excluding steroid dienone is 1. The van der Waals surface area contributed by atoms with Gasteiger partial charge in [0, 0.05) is 0 Å². The molecule has 60 valence electrons. The van der Waals surface area contributed by atoms with Gasteiger partial charge in [0.15, 0.2) is 0 Å². The minimum atomic E-state index is -0.171. The van der Waals surface area contributed by atoms with Crippen LogP contribution in [0.2, 0.25) is 0 Å². The van der Waals surface area contributed by atoms with Crippen molar-refractivity contribution in [2.75, 3.05) is 0 Å². The van der Waals surface area contributed by atoms with Crippen LogP contribution in [-0.2, 0) is 0 Å². The Morgan fingerprint density at radius 1 is 1.27 bits per heavy atom. The Hall–Kier alpha value is -1.11. The van der Waals surface area contributed by atoms with E-state index in [2.05, 4.69) is 6.58 Å². The summed E-state index contributed by atoms with van der Waals surface area (Å²) in [7, 11) is 0. The smallest absolute Gasteiger partial charge is 0.123 e. The molecule has 0 saturated carbocycles. The number of hydrogen-bond acceptors (Lipinski definition) is 0. The largest absolute Gasteiger partial charge is 0.207 e. The van der Waals surface area contributed by atoms with Crippen molar-refractivity contribution >= 4 is 0 Å². The molecule has 0 saturated heterocycles. The lowest BCUT2D eigenvalue weighted by atomic mass is 10.2. The average molecular weight is 152 g/mol. The Balaban J connectivity index is 0.000000292. The maximum Gasteiger partial charge on any atom is 0.123 e. The number of rotatable bonds is 0. The molecule has 0 nitrogen and oxygen atoms in total. The van der Waals surface area contributed by atoms with Crippen LogP contribution in [0.5, 0.6) is 0 Å². The monoisotopic (exact) mass is 152 g/mol. The van der Waals surface area contributed by atoms with Crippen molar-refractivity contribution in [1.29, 1.82) is 0 Å².